The van der Waals surface area contributed by atoms with E-state index in [9.17, 15) is 4.79 Å². The number of hydrogen-bond acceptors (Lipinski definition) is 3. The molecule has 1 amide bonds. The van der Waals surface area contributed by atoms with E-state index in [1.165, 1.54) is 0 Å². The highest BCUT2D eigenvalue weighted by molar-refractivity contribution is 9.10. The summed E-state index contributed by atoms with van der Waals surface area (Å²) < 4.78 is 0.701. The molecule has 0 unspecified atom stereocenters. The molecule has 2 aromatic heterocycles. The van der Waals surface area contributed by atoms with Crippen LogP contribution in [0, 0.1) is 0 Å². The lowest BCUT2D eigenvalue weighted by molar-refractivity contribution is 0.102. The molecule has 3 aromatic rings. The molecular formula is C15H9BrClN3O. The molecule has 1 aromatic carbocycles. The molecule has 2 heterocycles. The predicted molar refractivity (Wildman–Crippen MR) is 86.6 cm³/mol. The molecule has 0 aliphatic heterocycles. The topological polar surface area (TPSA) is 54.9 Å². The van der Waals surface area contributed by atoms with Crippen molar-refractivity contribution in [2.45, 2.75) is 0 Å². The Bertz CT molecular complexity index is 821. The lowest BCUT2D eigenvalue weighted by Gasteiger charge is -2.06. The zero-order valence-electron chi connectivity index (χ0n) is 10.7. The molecule has 0 saturated heterocycles. The highest BCUT2D eigenvalue weighted by Crippen LogP contribution is 2.22. The first-order valence-corrected chi connectivity index (χ1v) is 7.29. The minimum atomic E-state index is -0.327. The smallest absolute Gasteiger partial charge is 0.274 e. The van der Waals surface area contributed by atoms with Crippen LogP contribution < -0.4 is 5.32 Å². The zero-order chi connectivity index (χ0) is 14.8. The Morgan fingerprint density at radius 3 is 2.76 bits per heavy atom. The van der Waals surface area contributed by atoms with Crippen LogP contribution in [0.3, 0.4) is 0 Å². The SMILES string of the molecule is O=C(Nc1ccc(Br)nc1)c1cc2ccccc2c(Cl)n1. The second-order valence-corrected chi connectivity index (χ2v) is 5.51. The van der Waals surface area contributed by atoms with Gasteiger partial charge in [0.15, 0.2) is 0 Å². The Morgan fingerprint density at radius 1 is 1.19 bits per heavy atom. The van der Waals surface area contributed by atoms with Gasteiger partial charge in [0, 0.05) is 5.39 Å². The van der Waals surface area contributed by atoms with Gasteiger partial charge in [0.1, 0.15) is 15.5 Å². The molecule has 0 fully saturated rings. The predicted octanol–water partition coefficient (Wildman–Crippen LogP) is 4.30. The van der Waals surface area contributed by atoms with Crippen molar-refractivity contribution < 1.29 is 4.79 Å². The first-order valence-electron chi connectivity index (χ1n) is 6.12. The van der Waals surface area contributed by atoms with E-state index in [1.807, 2.05) is 24.3 Å². The Kier molecular flexibility index (Phi) is 3.86. The van der Waals surface area contributed by atoms with Crippen molar-refractivity contribution in [2.75, 3.05) is 5.32 Å². The number of nitrogens with zero attached hydrogens (tertiary/aromatic N) is 2. The van der Waals surface area contributed by atoms with Crippen molar-refractivity contribution in [1.82, 2.24) is 9.97 Å². The molecule has 21 heavy (non-hydrogen) atoms. The molecule has 0 saturated carbocycles. The van der Waals surface area contributed by atoms with E-state index < -0.39 is 0 Å². The highest BCUT2D eigenvalue weighted by atomic mass is 79.9. The van der Waals surface area contributed by atoms with Crippen molar-refractivity contribution in [2.24, 2.45) is 0 Å². The van der Waals surface area contributed by atoms with Crippen LogP contribution in [0.5, 0.6) is 0 Å². The van der Waals surface area contributed by atoms with Gasteiger partial charge in [-0.2, -0.15) is 0 Å². The number of rotatable bonds is 2. The Hall–Kier alpha value is -1.98. The highest BCUT2D eigenvalue weighted by Gasteiger charge is 2.11. The Morgan fingerprint density at radius 2 is 2.00 bits per heavy atom. The third kappa shape index (κ3) is 3.04. The summed E-state index contributed by atoms with van der Waals surface area (Å²) in [6.45, 7) is 0. The number of amides is 1. The molecule has 0 aliphatic carbocycles. The van der Waals surface area contributed by atoms with E-state index in [0.29, 0.717) is 15.4 Å². The fourth-order valence-electron chi connectivity index (χ4n) is 1.92. The molecule has 3 rings (SSSR count). The summed E-state index contributed by atoms with van der Waals surface area (Å²) in [4.78, 5) is 20.4. The van der Waals surface area contributed by atoms with E-state index in [4.69, 9.17) is 11.6 Å². The van der Waals surface area contributed by atoms with Gasteiger partial charge in [-0.25, -0.2) is 9.97 Å². The summed E-state index contributed by atoms with van der Waals surface area (Å²) in [7, 11) is 0. The maximum Gasteiger partial charge on any atom is 0.274 e. The fraction of sp³-hybridized carbons (Fsp3) is 0. The maximum atomic E-state index is 12.2. The number of hydrogen-bond donors (Lipinski definition) is 1. The van der Waals surface area contributed by atoms with Crippen LogP contribution in [0.2, 0.25) is 5.15 Å². The normalized spacial score (nSPS) is 10.6. The maximum absolute atomic E-state index is 12.2. The quantitative estimate of drug-likeness (QED) is 0.692. The molecule has 0 radical (unpaired) electrons. The number of fused-ring (bicyclic) bond motifs is 1. The zero-order valence-corrected chi connectivity index (χ0v) is 13.0. The third-order valence-electron chi connectivity index (χ3n) is 2.91. The molecule has 104 valence electrons. The third-order valence-corrected chi connectivity index (χ3v) is 3.67. The van der Waals surface area contributed by atoms with Crippen molar-refractivity contribution in [1.29, 1.82) is 0 Å². The monoisotopic (exact) mass is 361 g/mol. The van der Waals surface area contributed by atoms with E-state index >= 15 is 0 Å². The number of carbonyl (C=O) groups is 1. The van der Waals surface area contributed by atoms with Crippen LogP contribution >= 0.6 is 27.5 Å². The van der Waals surface area contributed by atoms with Crippen molar-refractivity contribution in [3.8, 4) is 0 Å². The lowest BCUT2D eigenvalue weighted by atomic mass is 10.1. The van der Waals surface area contributed by atoms with E-state index in [2.05, 4.69) is 31.2 Å². The average molecular weight is 363 g/mol. The van der Waals surface area contributed by atoms with Crippen LogP contribution in [-0.4, -0.2) is 15.9 Å². The van der Waals surface area contributed by atoms with Gasteiger partial charge in [0.25, 0.3) is 5.91 Å². The molecular weight excluding hydrogens is 354 g/mol. The molecule has 1 N–H and O–H groups in total. The van der Waals surface area contributed by atoms with Gasteiger partial charge in [0.2, 0.25) is 0 Å². The standard InChI is InChI=1S/C15H9BrClN3O/c16-13-6-5-10(8-18-13)19-15(21)12-7-9-3-1-2-4-11(9)14(17)20-12/h1-8H,(H,19,21). The number of anilines is 1. The van der Waals surface area contributed by atoms with Gasteiger partial charge >= 0.3 is 0 Å². The van der Waals surface area contributed by atoms with Crippen LogP contribution in [0.25, 0.3) is 10.8 Å². The van der Waals surface area contributed by atoms with Gasteiger partial charge in [0.05, 0.1) is 11.9 Å². The second kappa shape index (κ2) is 5.79. The van der Waals surface area contributed by atoms with E-state index in [-0.39, 0.29) is 11.6 Å². The largest absolute Gasteiger partial charge is 0.319 e. The van der Waals surface area contributed by atoms with Gasteiger partial charge < -0.3 is 5.32 Å². The first kappa shape index (κ1) is 14.0. The van der Waals surface area contributed by atoms with Crippen molar-refractivity contribution in [3.63, 3.8) is 0 Å². The molecule has 0 spiro atoms. The molecule has 0 aliphatic rings. The summed E-state index contributed by atoms with van der Waals surface area (Å²) >= 11 is 9.36. The minimum absolute atomic E-state index is 0.265. The number of pyridine rings is 2. The average Bonchev–Trinajstić information content (AvgIpc) is 2.49. The number of benzene rings is 1. The lowest BCUT2D eigenvalue weighted by Crippen LogP contribution is -2.14. The van der Waals surface area contributed by atoms with Crippen LogP contribution in [0.4, 0.5) is 5.69 Å². The van der Waals surface area contributed by atoms with Crippen LogP contribution in [-0.2, 0) is 0 Å². The van der Waals surface area contributed by atoms with Crippen LogP contribution in [0.1, 0.15) is 10.5 Å². The summed E-state index contributed by atoms with van der Waals surface area (Å²) in [5, 5.41) is 4.74. The van der Waals surface area contributed by atoms with Gasteiger partial charge in [-0.3, -0.25) is 4.79 Å². The Labute approximate surface area is 134 Å². The fourth-order valence-corrected chi connectivity index (χ4v) is 2.42. The van der Waals surface area contributed by atoms with Crippen molar-refractivity contribution >= 4 is 49.9 Å². The second-order valence-electron chi connectivity index (χ2n) is 4.34. The summed E-state index contributed by atoms with van der Waals surface area (Å²) in [6, 6.07) is 12.7. The van der Waals surface area contributed by atoms with Gasteiger partial charge in [-0.05, 0) is 39.5 Å². The number of carbonyl (C=O) groups excluding carboxylic acids is 1. The number of halogens is 2. The van der Waals surface area contributed by atoms with Crippen LogP contribution in [0.15, 0.2) is 53.3 Å². The Balaban J connectivity index is 1.92. The number of aromatic nitrogens is 2. The van der Waals surface area contributed by atoms with Gasteiger partial charge in [-0.1, -0.05) is 35.9 Å². The molecule has 0 atom stereocenters. The summed E-state index contributed by atoms with van der Waals surface area (Å²) in [5.74, 6) is -0.327. The molecule has 6 heteroatoms. The number of nitrogens with one attached hydrogen (secondary N) is 1. The van der Waals surface area contributed by atoms with Crippen molar-refractivity contribution in [3.05, 3.63) is 64.1 Å². The minimum Gasteiger partial charge on any atom is -0.319 e. The van der Waals surface area contributed by atoms with E-state index in [1.54, 1.807) is 24.4 Å². The molecule has 4 nitrogen and oxygen atoms in total. The summed E-state index contributed by atoms with van der Waals surface area (Å²) in [6.07, 6.45) is 1.56. The van der Waals surface area contributed by atoms with E-state index in [0.717, 1.165) is 10.8 Å². The molecule has 0 bridgehead atoms. The summed E-state index contributed by atoms with van der Waals surface area (Å²) in [5.41, 5.74) is 0.857. The first-order chi connectivity index (χ1) is 10.1. The van der Waals surface area contributed by atoms with Gasteiger partial charge in [-0.15, -0.1) is 0 Å².